The summed E-state index contributed by atoms with van der Waals surface area (Å²) in [5.74, 6) is 0.968. The minimum atomic E-state index is 0.0366. The first kappa shape index (κ1) is 20.9. The van der Waals surface area contributed by atoms with Gasteiger partial charge in [0.05, 0.1) is 25.1 Å². The number of hydrogen-bond donors (Lipinski definition) is 1. The summed E-state index contributed by atoms with van der Waals surface area (Å²) in [6, 6.07) is 19.5. The third-order valence-electron chi connectivity index (χ3n) is 6.31. The molecule has 1 amide bonds. The Morgan fingerprint density at radius 3 is 2.66 bits per heavy atom. The van der Waals surface area contributed by atoms with Crippen molar-refractivity contribution in [1.82, 2.24) is 9.88 Å². The number of morpholine rings is 1. The molecule has 166 valence electrons. The van der Waals surface area contributed by atoms with Crippen LogP contribution in [0.15, 0.2) is 60.8 Å². The third-order valence-corrected chi connectivity index (χ3v) is 6.31. The standard InChI is InChI=1S/C26H30N4O2/c31-26(28-22-8-11-25(27-18-22)29-14-16-32-17-15-29)12-13-30(23-9-10-23)19-21-6-3-5-20-4-1-2-7-24(20)21/h1-8,11,18,23H,9-10,12-17,19H2,(H,28,31). The summed E-state index contributed by atoms with van der Waals surface area (Å²) < 4.78 is 5.39. The Balaban J connectivity index is 1.17. The molecule has 2 heterocycles. The van der Waals surface area contributed by atoms with Gasteiger partial charge in [-0.05, 0) is 41.3 Å². The van der Waals surface area contributed by atoms with E-state index in [1.807, 2.05) is 12.1 Å². The van der Waals surface area contributed by atoms with Gasteiger partial charge >= 0.3 is 0 Å². The number of pyridine rings is 1. The number of nitrogens with zero attached hydrogens (tertiary/aromatic N) is 3. The van der Waals surface area contributed by atoms with Gasteiger partial charge in [-0.25, -0.2) is 4.98 Å². The molecule has 6 nitrogen and oxygen atoms in total. The molecule has 1 aliphatic carbocycles. The fourth-order valence-electron chi connectivity index (χ4n) is 4.39. The molecule has 5 rings (SSSR count). The molecule has 1 aromatic heterocycles. The Hall–Kier alpha value is -2.96. The van der Waals surface area contributed by atoms with Crippen LogP contribution in [-0.4, -0.2) is 54.7 Å². The number of anilines is 2. The van der Waals surface area contributed by atoms with E-state index < -0.39 is 0 Å². The predicted octanol–water partition coefficient (Wildman–Crippen LogP) is 4.06. The average Bonchev–Trinajstić information content (AvgIpc) is 3.68. The van der Waals surface area contributed by atoms with Gasteiger partial charge in [-0.1, -0.05) is 42.5 Å². The highest BCUT2D eigenvalue weighted by Crippen LogP contribution is 2.30. The molecular formula is C26H30N4O2. The lowest BCUT2D eigenvalue weighted by molar-refractivity contribution is -0.116. The first-order valence-corrected chi connectivity index (χ1v) is 11.6. The Labute approximate surface area is 189 Å². The molecule has 0 bridgehead atoms. The summed E-state index contributed by atoms with van der Waals surface area (Å²) in [5.41, 5.74) is 2.08. The Morgan fingerprint density at radius 2 is 1.88 bits per heavy atom. The second-order valence-electron chi connectivity index (χ2n) is 8.64. The molecule has 1 saturated heterocycles. The summed E-state index contributed by atoms with van der Waals surface area (Å²) in [7, 11) is 0. The maximum absolute atomic E-state index is 12.6. The number of nitrogens with one attached hydrogen (secondary N) is 1. The van der Waals surface area contributed by atoms with Gasteiger partial charge in [0.1, 0.15) is 5.82 Å². The molecule has 0 atom stereocenters. The van der Waals surface area contributed by atoms with Gasteiger partial charge in [0.15, 0.2) is 0 Å². The number of ether oxygens (including phenoxy) is 1. The molecule has 2 aliphatic rings. The topological polar surface area (TPSA) is 57.7 Å². The lowest BCUT2D eigenvalue weighted by Gasteiger charge is -2.27. The van der Waals surface area contributed by atoms with E-state index in [-0.39, 0.29) is 5.91 Å². The van der Waals surface area contributed by atoms with Gasteiger partial charge in [0.2, 0.25) is 5.91 Å². The van der Waals surface area contributed by atoms with Crippen molar-refractivity contribution in [3.8, 4) is 0 Å². The van der Waals surface area contributed by atoms with E-state index in [1.165, 1.54) is 29.2 Å². The minimum absolute atomic E-state index is 0.0366. The summed E-state index contributed by atoms with van der Waals surface area (Å²) in [6.07, 6.45) is 4.67. The monoisotopic (exact) mass is 430 g/mol. The van der Waals surface area contributed by atoms with E-state index in [0.717, 1.165) is 50.9 Å². The minimum Gasteiger partial charge on any atom is -0.378 e. The molecule has 2 aromatic carbocycles. The van der Waals surface area contributed by atoms with Gasteiger partial charge < -0.3 is 15.0 Å². The quantitative estimate of drug-likeness (QED) is 0.584. The highest BCUT2D eigenvalue weighted by molar-refractivity contribution is 5.90. The van der Waals surface area contributed by atoms with Crippen LogP contribution in [0.2, 0.25) is 0 Å². The largest absolute Gasteiger partial charge is 0.378 e. The van der Waals surface area contributed by atoms with E-state index in [4.69, 9.17) is 4.74 Å². The van der Waals surface area contributed by atoms with Crippen molar-refractivity contribution in [3.05, 3.63) is 66.4 Å². The van der Waals surface area contributed by atoms with Crippen LogP contribution < -0.4 is 10.2 Å². The number of fused-ring (bicyclic) bond motifs is 1. The molecule has 3 aromatic rings. The zero-order chi connectivity index (χ0) is 21.8. The van der Waals surface area contributed by atoms with Gasteiger partial charge in [0, 0.05) is 38.6 Å². The summed E-state index contributed by atoms with van der Waals surface area (Å²) in [5, 5.41) is 5.58. The first-order valence-electron chi connectivity index (χ1n) is 11.6. The van der Waals surface area contributed by atoms with Crippen LogP contribution in [0.4, 0.5) is 11.5 Å². The maximum Gasteiger partial charge on any atom is 0.225 e. The van der Waals surface area contributed by atoms with Crippen molar-refractivity contribution in [1.29, 1.82) is 0 Å². The average molecular weight is 431 g/mol. The van der Waals surface area contributed by atoms with Crippen molar-refractivity contribution in [2.24, 2.45) is 0 Å². The second-order valence-corrected chi connectivity index (χ2v) is 8.64. The van der Waals surface area contributed by atoms with E-state index >= 15 is 0 Å². The molecule has 0 unspecified atom stereocenters. The van der Waals surface area contributed by atoms with E-state index in [2.05, 4.69) is 62.6 Å². The molecule has 2 fully saturated rings. The molecule has 1 N–H and O–H groups in total. The molecule has 1 saturated carbocycles. The van der Waals surface area contributed by atoms with Gasteiger partial charge in [-0.15, -0.1) is 0 Å². The highest BCUT2D eigenvalue weighted by Gasteiger charge is 2.29. The van der Waals surface area contributed by atoms with E-state index in [0.29, 0.717) is 12.5 Å². The summed E-state index contributed by atoms with van der Waals surface area (Å²) in [6.45, 7) is 4.82. The third kappa shape index (κ3) is 5.09. The van der Waals surface area contributed by atoms with Gasteiger partial charge in [0.25, 0.3) is 0 Å². The van der Waals surface area contributed by atoms with Crippen molar-refractivity contribution in [2.75, 3.05) is 43.1 Å². The van der Waals surface area contributed by atoms with Crippen LogP contribution in [0, 0.1) is 0 Å². The lowest BCUT2D eigenvalue weighted by atomic mass is 10.0. The zero-order valence-corrected chi connectivity index (χ0v) is 18.4. The number of hydrogen-bond acceptors (Lipinski definition) is 5. The number of carbonyl (C=O) groups excluding carboxylic acids is 1. The van der Waals surface area contributed by atoms with Crippen LogP contribution in [0.3, 0.4) is 0 Å². The maximum atomic E-state index is 12.6. The predicted molar refractivity (Wildman–Crippen MR) is 128 cm³/mol. The van der Waals surface area contributed by atoms with Crippen LogP contribution in [0.5, 0.6) is 0 Å². The van der Waals surface area contributed by atoms with E-state index in [1.54, 1.807) is 6.20 Å². The zero-order valence-electron chi connectivity index (χ0n) is 18.4. The molecule has 32 heavy (non-hydrogen) atoms. The van der Waals surface area contributed by atoms with Gasteiger partial charge in [-0.3, -0.25) is 9.69 Å². The van der Waals surface area contributed by atoms with Crippen molar-refractivity contribution < 1.29 is 9.53 Å². The van der Waals surface area contributed by atoms with Crippen molar-refractivity contribution >= 4 is 28.2 Å². The molecule has 0 radical (unpaired) electrons. The molecule has 6 heteroatoms. The van der Waals surface area contributed by atoms with Crippen molar-refractivity contribution in [3.63, 3.8) is 0 Å². The SMILES string of the molecule is O=C(CCN(Cc1cccc2ccccc12)C1CC1)Nc1ccc(N2CCOCC2)nc1. The molecular weight excluding hydrogens is 400 g/mol. The highest BCUT2D eigenvalue weighted by atomic mass is 16.5. The van der Waals surface area contributed by atoms with Crippen LogP contribution >= 0.6 is 0 Å². The Morgan fingerprint density at radius 1 is 1.06 bits per heavy atom. The van der Waals surface area contributed by atoms with Crippen LogP contribution in [0.1, 0.15) is 24.8 Å². The smallest absolute Gasteiger partial charge is 0.225 e. The summed E-state index contributed by atoms with van der Waals surface area (Å²) in [4.78, 5) is 21.8. The molecule has 1 aliphatic heterocycles. The number of carbonyl (C=O) groups is 1. The van der Waals surface area contributed by atoms with Gasteiger partial charge in [-0.2, -0.15) is 0 Å². The summed E-state index contributed by atoms with van der Waals surface area (Å²) >= 11 is 0. The number of rotatable bonds is 8. The van der Waals surface area contributed by atoms with Crippen LogP contribution in [-0.2, 0) is 16.1 Å². The first-order chi connectivity index (χ1) is 15.8. The van der Waals surface area contributed by atoms with Crippen molar-refractivity contribution in [2.45, 2.75) is 31.8 Å². The number of benzene rings is 2. The normalized spacial score (nSPS) is 16.5. The number of aromatic nitrogens is 1. The fraction of sp³-hybridized carbons (Fsp3) is 0.385. The molecule has 0 spiro atoms. The van der Waals surface area contributed by atoms with Crippen LogP contribution in [0.25, 0.3) is 10.8 Å². The Bertz CT molecular complexity index is 1050. The number of amides is 1. The Kier molecular flexibility index (Phi) is 6.32. The second kappa shape index (κ2) is 9.67. The van der Waals surface area contributed by atoms with E-state index in [9.17, 15) is 4.79 Å². The lowest BCUT2D eigenvalue weighted by Crippen LogP contribution is -2.36. The fourth-order valence-corrected chi connectivity index (χ4v) is 4.39.